The summed E-state index contributed by atoms with van der Waals surface area (Å²) in [6, 6.07) is 7.86. The van der Waals surface area contributed by atoms with Gasteiger partial charge in [0.25, 0.3) is 0 Å². The van der Waals surface area contributed by atoms with Crippen molar-refractivity contribution in [1.82, 2.24) is 5.32 Å². The Balaban J connectivity index is 1.59. The van der Waals surface area contributed by atoms with Crippen LogP contribution in [0.5, 0.6) is 0 Å². The number of hydrogen-bond donors (Lipinski definition) is 2. The number of carbonyl (C=O) groups excluding carboxylic acids is 1. The summed E-state index contributed by atoms with van der Waals surface area (Å²) in [6.45, 7) is 3.36. The molecule has 0 radical (unpaired) electrons. The van der Waals surface area contributed by atoms with Gasteiger partial charge in [-0.05, 0) is 49.9 Å². The van der Waals surface area contributed by atoms with Gasteiger partial charge in [0.1, 0.15) is 0 Å². The van der Waals surface area contributed by atoms with E-state index in [0.717, 1.165) is 23.7 Å². The fourth-order valence-corrected chi connectivity index (χ4v) is 2.05. The molecule has 0 unspecified atom stereocenters. The van der Waals surface area contributed by atoms with Crippen LogP contribution in [0.3, 0.4) is 0 Å². The minimum absolute atomic E-state index is 0.0343. The van der Waals surface area contributed by atoms with Crippen LogP contribution in [0.4, 0.5) is 5.69 Å². The molecule has 18 heavy (non-hydrogen) atoms. The van der Waals surface area contributed by atoms with E-state index < -0.39 is 0 Å². The number of hydrogen-bond acceptors (Lipinski definition) is 2. The first-order valence-electron chi connectivity index (χ1n) is 6.81. The van der Waals surface area contributed by atoms with Crippen molar-refractivity contribution >= 4 is 11.6 Å². The standard InChI is InChI=1S/C15H22N2O/c1-12-4-2-6-14(10-12)17-15(18)11-16-9-3-5-13-7-8-13/h2,4,6,10,13,16H,3,5,7-9,11H2,1H3,(H,17,18). The molecule has 98 valence electrons. The summed E-state index contributed by atoms with van der Waals surface area (Å²) in [5.74, 6) is 1.01. The highest BCUT2D eigenvalue weighted by Crippen LogP contribution is 2.33. The molecule has 0 spiro atoms. The van der Waals surface area contributed by atoms with Crippen molar-refractivity contribution in [3.63, 3.8) is 0 Å². The van der Waals surface area contributed by atoms with E-state index in [1.165, 1.54) is 25.7 Å². The molecular weight excluding hydrogens is 224 g/mol. The summed E-state index contributed by atoms with van der Waals surface area (Å²) >= 11 is 0. The molecule has 1 aromatic rings. The van der Waals surface area contributed by atoms with E-state index in [1.807, 2.05) is 31.2 Å². The van der Waals surface area contributed by atoms with Crippen LogP contribution in [-0.2, 0) is 4.79 Å². The molecule has 1 fully saturated rings. The van der Waals surface area contributed by atoms with Crippen molar-refractivity contribution in [2.75, 3.05) is 18.4 Å². The van der Waals surface area contributed by atoms with Crippen molar-refractivity contribution in [2.45, 2.75) is 32.6 Å². The molecule has 1 aliphatic rings. The van der Waals surface area contributed by atoms with Gasteiger partial charge in [0.05, 0.1) is 6.54 Å². The molecule has 1 saturated carbocycles. The normalized spacial score (nSPS) is 14.5. The number of rotatable bonds is 7. The van der Waals surface area contributed by atoms with E-state index >= 15 is 0 Å². The number of aryl methyl sites for hydroxylation is 1. The van der Waals surface area contributed by atoms with Gasteiger partial charge in [-0.25, -0.2) is 0 Å². The molecule has 0 atom stereocenters. The van der Waals surface area contributed by atoms with Crippen LogP contribution in [-0.4, -0.2) is 19.0 Å². The summed E-state index contributed by atoms with van der Waals surface area (Å²) in [6.07, 6.45) is 5.32. The zero-order valence-electron chi connectivity index (χ0n) is 11.0. The quantitative estimate of drug-likeness (QED) is 0.726. The molecule has 0 saturated heterocycles. The molecule has 0 heterocycles. The predicted molar refractivity (Wildman–Crippen MR) is 74.6 cm³/mol. The van der Waals surface area contributed by atoms with Gasteiger partial charge in [0, 0.05) is 5.69 Å². The van der Waals surface area contributed by atoms with Gasteiger partial charge >= 0.3 is 0 Å². The summed E-state index contributed by atoms with van der Waals surface area (Å²) < 4.78 is 0. The Morgan fingerprint density at radius 2 is 2.22 bits per heavy atom. The van der Waals surface area contributed by atoms with Gasteiger partial charge in [-0.3, -0.25) is 4.79 Å². The Morgan fingerprint density at radius 1 is 1.39 bits per heavy atom. The maximum atomic E-state index is 11.7. The lowest BCUT2D eigenvalue weighted by atomic mass is 10.2. The van der Waals surface area contributed by atoms with Gasteiger partial charge in [-0.15, -0.1) is 0 Å². The van der Waals surface area contributed by atoms with Crippen LogP contribution in [0.15, 0.2) is 24.3 Å². The Bertz CT molecular complexity index is 399. The SMILES string of the molecule is Cc1cccc(NC(=O)CNCCCC2CC2)c1. The third-order valence-electron chi connectivity index (χ3n) is 3.25. The largest absolute Gasteiger partial charge is 0.325 e. The topological polar surface area (TPSA) is 41.1 Å². The molecule has 1 amide bonds. The number of carbonyl (C=O) groups is 1. The summed E-state index contributed by atoms with van der Waals surface area (Å²) in [7, 11) is 0. The van der Waals surface area contributed by atoms with Gasteiger partial charge in [-0.1, -0.05) is 25.0 Å². The first-order chi connectivity index (χ1) is 8.74. The average molecular weight is 246 g/mol. The predicted octanol–water partition coefficient (Wildman–Crippen LogP) is 2.71. The Hall–Kier alpha value is -1.35. The third-order valence-corrected chi connectivity index (χ3v) is 3.25. The smallest absolute Gasteiger partial charge is 0.238 e. The summed E-state index contributed by atoms with van der Waals surface area (Å²) in [5, 5.41) is 6.08. The van der Waals surface area contributed by atoms with E-state index in [9.17, 15) is 4.79 Å². The second-order valence-corrected chi connectivity index (χ2v) is 5.18. The lowest BCUT2D eigenvalue weighted by molar-refractivity contribution is -0.115. The van der Waals surface area contributed by atoms with Crippen LogP contribution in [0.1, 0.15) is 31.2 Å². The maximum Gasteiger partial charge on any atom is 0.238 e. The molecule has 0 aliphatic heterocycles. The van der Waals surface area contributed by atoms with Crippen molar-refractivity contribution < 1.29 is 4.79 Å². The number of anilines is 1. The van der Waals surface area contributed by atoms with Crippen molar-refractivity contribution in [3.05, 3.63) is 29.8 Å². The highest BCUT2D eigenvalue weighted by Gasteiger charge is 2.19. The molecule has 0 bridgehead atoms. The molecule has 2 N–H and O–H groups in total. The molecule has 3 heteroatoms. The van der Waals surface area contributed by atoms with E-state index in [4.69, 9.17) is 0 Å². The molecule has 1 aliphatic carbocycles. The number of nitrogens with one attached hydrogen (secondary N) is 2. The Kier molecular flexibility index (Phi) is 4.76. The Labute approximate surface area is 109 Å². The fourth-order valence-electron chi connectivity index (χ4n) is 2.05. The highest BCUT2D eigenvalue weighted by atomic mass is 16.1. The second-order valence-electron chi connectivity index (χ2n) is 5.18. The van der Waals surface area contributed by atoms with Gasteiger partial charge in [0.2, 0.25) is 5.91 Å². The minimum atomic E-state index is 0.0343. The van der Waals surface area contributed by atoms with E-state index in [1.54, 1.807) is 0 Å². The van der Waals surface area contributed by atoms with Gasteiger partial charge < -0.3 is 10.6 Å². The zero-order chi connectivity index (χ0) is 12.8. The van der Waals surface area contributed by atoms with Gasteiger partial charge in [0.15, 0.2) is 0 Å². The molecule has 3 nitrogen and oxygen atoms in total. The summed E-state index contributed by atoms with van der Waals surface area (Å²) in [5.41, 5.74) is 2.03. The van der Waals surface area contributed by atoms with Crippen LogP contribution >= 0.6 is 0 Å². The fraction of sp³-hybridized carbons (Fsp3) is 0.533. The van der Waals surface area contributed by atoms with E-state index in [0.29, 0.717) is 6.54 Å². The van der Waals surface area contributed by atoms with Crippen molar-refractivity contribution in [3.8, 4) is 0 Å². The first kappa shape index (κ1) is 13.1. The third kappa shape index (κ3) is 4.88. The first-order valence-corrected chi connectivity index (χ1v) is 6.81. The molecule has 1 aromatic carbocycles. The number of benzene rings is 1. The lowest BCUT2D eigenvalue weighted by Crippen LogP contribution is -2.28. The monoisotopic (exact) mass is 246 g/mol. The maximum absolute atomic E-state index is 11.7. The molecule has 0 aromatic heterocycles. The highest BCUT2D eigenvalue weighted by molar-refractivity contribution is 5.92. The Morgan fingerprint density at radius 3 is 2.94 bits per heavy atom. The van der Waals surface area contributed by atoms with E-state index in [2.05, 4.69) is 10.6 Å². The van der Waals surface area contributed by atoms with E-state index in [-0.39, 0.29) is 5.91 Å². The minimum Gasteiger partial charge on any atom is -0.325 e. The van der Waals surface area contributed by atoms with Crippen molar-refractivity contribution in [2.24, 2.45) is 5.92 Å². The summed E-state index contributed by atoms with van der Waals surface area (Å²) in [4.78, 5) is 11.7. The van der Waals surface area contributed by atoms with Crippen LogP contribution in [0, 0.1) is 12.8 Å². The molecular formula is C15H22N2O. The van der Waals surface area contributed by atoms with Crippen molar-refractivity contribution in [1.29, 1.82) is 0 Å². The van der Waals surface area contributed by atoms with Gasteiger partial charge in [-0.2, -0.15) is 0 Å². The number of amides is 1. The van der Waals surface area contributed by atoms with Crippen LogP contribution < -0.4 is 10.6 Å². The lowest BCUT2D eigenvalue weighted by Gasteiger charge is -2.07. The van der Waals surface area contributed by atoms with Crippen LogP contribution in [0.25, 0.3) is 0 Å². The zero-order valence-corrected chi connectivity index (χ0v) is 11.0. The molecule has 2 rings (SSSR count). The van der Waals surface area contributed by atoms with Crippen LogP contribution in [0.2, 0.25) is 0 Å². The second kappa shape index (κ2) is 6.55. The average Bonchev–Trinajstić information content (AvgIpc) is 3.12.